The first-order valence-electron chi connectivity index (χ1n) is 5.78. The molecule has 1 unspecified atom stereocenters. The van der Waals surface area contributed by atoms with Gasteiger partial charge in [0.25, 0.3) is 0 Å². The molecule has 15 heavy (non-hydrogen) atoms. The van der Waals surface area contributed by atoms with E-state index in [9.17, 15) is 0 Å². The molecule has 2 heteroatoms. The van der Waals surface area contributed by atoms with E-state index in [2.05, 4.69) is 24.0 Å². The van der Waals surface area contributed by atoms with E-state index in [-0.39, 0.29) is 0 Å². The van der Waals surface area contributed by atoms with Gasteiger partial charge in [-0.05, 0) is 50.0 Å². The van der Waals surface area contributed by atoms with Gasteiger partial charge in [-0.1, -0.05) is 30.7 Å². The van der Waals surface area contributed by atoms with Crippen molar-refractivity contribution in [2.45, 2.75) is 32.2 Å². The van der Waals surface area contributed by atoms with Crippen LogP contribution in [0, 0.1) is 0 Å². The molecule has 1 aromatic carbocycles. The molecule has 0 bridgehead atoms. The van der Waals surface area contributed by atoms with Crippen LogP contribution in [-0.4, -0.2) is 24.0 Å². The highest BCUT2D eigenvalue weighted by molar-refractivity contribution is 6.30. The summed E-state index contributed by atoms with van der Waals surface area (Å²) in [5.74, 6) is 0. The van der Waals surface area contributed by atoms with Gasteiger partial charge in [-0.25, -0.2) is 0 Å². The summed E-state index contributed by atoms with van der Waals surface area (Å²) in [5, 5.41) is 0.855. The molecule has 1 heterocycles. The lowest BCUT2D eigenvalue weighted by molar-refractivity contribution is 0.266. The van der Waals surface area contributed by atoms with Crippen molar-refractivity contribution in [2.75, 3.05) is 13.1 Å². The molecule has 1 aliphatic heterocycles. The van der Waals surface area contributed by atoms with Crippen molar-refractivity contribution in [1.29, 1.82) is 0 Å². The van der Waals surface area contributed by atoms with Gasteiger partial charge in [0.2, 0.25) is 0 Å². The molecule has 0 aromatic heterocycles. The number of benzene rings is 1. The van der Waals surface area contributed by atoms with E-state index >= 15 is 0 Å². The first-order valence-corrected chi connectivity index (χ1v) is 6.16. The molecular weight excluding hydrogens is 206 g/mol. The zero-order valence-electron chi connectivity index (χ0n) is 9.25. The Labute approximate surface area is 97.0 Å². The third kappa shape index (κ3) is 2.73. The molecule has 0 radical (unpaired) electrons. The number of likely N-dealkylation sites (tertiary alicyclic amines) is 1. The maximum absolute atomic E-state index is 5.99. The van der Waals surface area contributed by atoms with Gasteiger partial charge in [-0.15, -0.1) is 0 Å². The molecule has 0 amide bonds. The third-order valence-corrected chi connectivity index (χ3v) is 3.50. The van der Waals surface area contributed by atoms with Crippen molar-refractivity contribution in [3.05, 3.63) is 34.9 Å². The smallest absolute Gasteiger partial charge is 0.0408 e. The summed E-state index contributed by atoms with van der Waals surface area (Å²) in [7, 11) is 0. The molecule has 2 rings (SSSR count). The van der Waals surface area contributed by atoms with Crippen LogP contribution in [0.25, 0.3) is 0 Å². The van der Waals surface area contributed by atoms with Crippen molar-refractivity contribution < 1.29 is 0 Å². The molecule has 0 saturated carbocycles. The molecular formula is C13H18ClN. The number of halogens is 1. The van der Waals surface area contributed by atoms with Gasteiger partial charge in [0, 0.05) is 11.1 Å². The predicted octanol–water partition coefficient (Wildman–Crippen LogP) is 3.37. The van der Waals surface area contributed by atoms with Crippen LogP contribution in [-0.2, 0) is 6.42 Å². The van der Waals surface area contributed by atoms with Crippen molar-refractivity contribution in [1.82, 2.24) is 4.90 Å². The average molecular weight is 224 g/mol. The van der Waals surface area contributed by atoms with E-state index in [4.69, 9.17) is 11.6 Å². The van der Waals surface area contributed by atoms with Gasteiger partial charge in [0.1, 0.15) is 0 Å². The highest BCUT2D eigenvalue weighted by Crippen LogP contribution is 2.21. The lowest BCUT2D eigenvalue weighted by atomic mass is 10.0. The molecule has 1 aliphatic rings. The third-order valence-electron chi connectivity index (χ3n) is 3.27. The molecule has 0 aliphatic carbocycles. The van der Waals surface area contributed by atoms with E-state index in [1.165, 1.54) is 31.5 Å². The second-order valence-corrected chi connectivity index (χ2v) is 4.70. The zero-order chi connectivity index (χ0) is 10.7. The Balaban J connectivity index is 2.02. The van der Waals surface area contributed by atoms with Crippen LogP contribution in [0.5, 0.6) is 0 Å². The molecule has 1 atom stereocenters. The number of hydrogen-bond donors (Lipinski definition) is 0. The molecule has 1 nitrogen and oxygen atoms in total. The summed E-state index contributed by atoms with van der Waals surface area (Å²) >= 11 is 5.99. The molecule has 1 saturated heterocycles. The summed E-state index contributed by atoms with van der Waals surface area (Å²) in [6, 6.07) is 8.99. The molecule has 0 N–H and O–H groups in total. The van der Waals surface area contributed by atoms with Crippen molar-refractivity contribution in [3.8, 4) is 0 Å². The van der Waals surface area contributed by atoms with E-state index in [0.717, 1.165) is 17.5 Å². The van der Waals surface area contributed by atoms with Crippen LogP contribution in [0.4, 0.5) is 0 Å². The normalized spacial score (nSPS) is 22.1. The van der Waals surface area contributed by atoms with Crippen molar-refractivity contribution in [2.24, 2.45) is 0 Å². The highest BCUT2D eigenvalue weighted by atomic mass is 35.5. The minimum atomic E-state index is 0.730. The second kappa shape index (κ2) is 5.00. The first-order chi connectivity index (χ1) is 7.29. The summed E-state index contributed by atoms with van der Waals surface area (Å²) < 4.78 is 0. The minimum absolute atomic E-state index is 0.730. The van der Waals surface area contributed by atoms with Crippen LogP contribution >= 0.6 is 11.6 Å². The molecule has 0 spiro atoms. The standard InChI is InChI=1S/C13H18ClN/c1-2-15-8-4-7-13(15)10-11-5-3-6-12(14)9-11/h3,5-6,9,13H,2,4,7-8,10H2,1H3. The maximum atomic E-state index is 5.99. The van der Waals surface area contributed by atoms with Gasteiger partial charge in [-0.2, -0.15) is 0 Å². The summed E-state index contributed by atoms with van der Waals surface area (Å²) in [4.78, 5) is 2.57. The van der Waals surface area contributed by atoms with Crippen molar-refractivity contribution in [3.63, 3.8) is 0 Å². The topological polar surface area (TPSA) is 3.24 Å². The first kappa shape index (κ1) is 11.0. The van der Waals surface area contributed by atoms with Gasteiger partial charge in [0.15, 0.2) is 0 Å². The molecule has 1 aromatic rings. The van der Waals surface area contributed by atoms with E-state index < -0.39 is 0 Å². The van der Waals surface area contributed by atoms with Crippen LogP contribution in [0.2, 0.25) is 5.02 Å². The highest BCUT2D eigenvalue weighted by Gasteiger charge is 2.22. The Morgan fingerprint density at radius 1 is 1.47 bits per heavy atom. The summed E-state index contributed by atoms with van der Waals surface area (Å²) in [6.45, 7) is 4.68. The number of hydrogen-bond acceptors (Lipinski definition) is 1. The van der Waals surface area contributed by atoms with Gasteiger partial charge >= 0.3 is 0 Å². The molecule has 82 valence electrons. The van der Waals surface area contributed by atoms with Gasteiger partial charge in [-0.3, -0.25) is 0 Å². The van der Waals surface area contributed by atoms with E-state index in [0.29, 0.717) is 0 Å². The fourth-order valence-electron chi connectivity index (χ4n) is 2.48. The maximum Gasteiger partial charge on any atom is 0.0408 e. The fourth-order valence-corrected chi connectivity index (χ4v) is 2.69. The Hall–Kier alpha value is -0.530. The predicted molar refractivity (Wildman–Crippen MR) is 65.4 cm³/mol. The zero-order valence-corrected chi connectivity index (χ0v) is 10.0. The lowest BCUT2D eigenvalue weighted by Gasteiger charge is -2.22. The van der Waals surface area contributed by atoms with Crippen LogP contribution in [0.1, 0.15) is 25.3 Å². The van der Waals surface area contributed by atoms with Crippen LogP contribution in [0.15, 0.2) is 24.3 Å². The quantitative estimate of drug-likeness (QED) is 0.760. The van der Waals surface area contributed by atoms with Crippen LogP contribution in [0.3, 0.4) is 0 Å². The Morgan fingerprint density at radius 2 is 2.33 bits per heavy atom. The Bertz CT molecular complexity index is 324. The van der Waals surface area contributed by atoms with Gasteiger partial charge < -0.3 is 4.90 Å². The Morgan fingerprint density at radius 3 is 3.07 bits per heavy atom. The van der Waals surface area contributed by atoms with E-state index in [1.807, 2.05) is 12.1 Å². The summed E-state index contributed by atoms with van der Waals surface area (Å²) in [5.41, 5.74) is 1.37. The van der Waals surface area contributed by atoms with Crippen LogP contribution < -0.4 is 0 Å². The fraction of sp³-hybridized carbons (Fsp3) is 0.538. The largest absolute Gasteiger partial charge is 0.300 e. The second-order valence-electron chi connectivity index (χ2n) is 4.26. The van der Waals surface area contributed by atoms with E-state index in [1.54, 1.807) is 0 Å². The minimum Gasteiger partial charge on any atom is -0.300 e. The number of nitrogens with zero attached hydrogens (tertiary/aromatic N) is 1. The lowest BCUT2D eigenvalue weighted by Crippen LogP contribution is -2.30. The molecule has 1 fully saturated rings. The average Bonchev–Trinajstić information content (AvgIpc) is 2.65. The van der Waals surface area contributed by atoms with Crippen molar-refractivity contribution >= 4 is 11.6 Å². The monoisotopic (exact) mass is 223 g/mol. The van der Waals surface area contributed by atoms with Gasteiger partial charge in [0.05, 0.1) is 0 Å². The SMILES string of the molecule is CCN1CCCC1Cc1cccc(Cl)c1. The number of likely N-dealkylation sites (N-methyl/N-ethyl adjacent to an activating group) is 1. The summed E-state index contributed by atoms with van der Waals surface area (Å²) in [6.07, 6.45) is 3.83. The Kier molecular flexibility index (Phi) is 3.66. The number of rotatable bonds is 3.